The molecule has 1 heterocycles. The number of aliphatic hydroxyl groups excluding tert-OH is 1. The van der Waals surface area contributed by atoms with Crippen LogP contribution in [0.4, 0.5) is 0 Å². The van der Waals surface area contributed by atoms with Gasteiger partial charge in [-0.1, -0.05) is 36.8 Å². The van der Waals surface area contributed by atoms with E-state index in [9.17, 15) is 5.11 Å². The molecule has 1 fully saturated rings. The minimum absolute atomic E-state index is 0.320. The van der Waals surface area contributed by atoms with Gasteiger partial charge in [0.1, 0.15) is 30.8 Å². The second-order valence-electron chi connectivity index (χ2n) is 6.57. The second kappa shape index (κ2) is 9.44. The standard InChI is InChI=1S/C21H27NO3/c23-19(15-22-13-5-2-6-14-22)17-25-21-11-9-20(10-12-21)24-16-18-7-3-1-4-8-18/h1,3-4,7-12,19,23H,2,5-6,13-17H2/t19-/m0/s1. The quantitative estimate of drug-likeness (QED) is 0.798. The molecule has 134 valence electrons. The first kappa shape index (κ1) is 17.8. The Morgan fingerprint density at radius 2 is 1.48 bits per heavy atom. The van der Waals surface area contributed by atoms with Gasteiger partial charge in [0.05, 0.1) is 0 Å². The molecule has 0 amide bonds. The molecule has 3 rings (SSSR count). The lowest BCUT2D eigenvalue weighted by atomic mass is 10.1. The number of rotatable bonds is 8. The lowest BCUT2D eigenvalue weighted by molar-refractivity contribution is 0.0617. The van der Waals surface area contributed by atoms with Crippen molar-refractivity contribution in [3.05, 3.63) is 60.2 Å². The molecule has 0 saturated carbocycles. The first-order valence-corrected chi connectivity index (χ1v) is 9.09. The molecule has 1 saturated heterocycles. The van der Waals surface area contributed by atoms with Crippen LogP contribution in [0.25, 0.3) is 0 Å². The molecule has 0 spiro atoms. The van der Waals surface area contributed by atoms with Gasteiger partial charge in [-0.05, 0) is 55.8 Å². The maximum Gasteiger partial charge on any atom is 0.120 e. The van der Waals surface area contributed by atoms with Crippen LogP contribution in [0, 0.1) is 0 Å². The summed E-state index contributed by atoms with van der Waals surface area (Å²) in [6.07, 6.45) is 3.32. The number of hydrogen-bond donors (Lipinski definition) is 1. The summed E-state index contributed by atoms with van der Waals surface area (Å²) < 4.78 is 11.5. The van der Waals surface area contributed by atoms with Gasteiger partial charge in [-0.3, -0.25) is 0 Å². The summed E-state index contributed by atoms with van der Waals surface area (Å²) in [5, 5.41) is 10.1. The lowest BCUT2D eigenvalue weighted by Gasteiger charge is -2.28. The first-order valence-electron chi connectivity index (χ1n) is 9.09. The SMILES string of the molecule is O[C@H](COc1ccc(OCc2ccccc2)cc1)CN1CCCCC1. The average molecular weight is 341 g/mol. The van der Waals surface area contributed by atoms with Gasteiger partial charge in [-0.25, -0.2) is 0 Å². The summed E-state index contributed by atoms with van der Waals surface area (Å²) in [6.45, 7) is 3.74. The average Bonchev–Trinajstić information content (AvgIpc) is 2.67. The zero-order valence-corrected chi connectivity index (χ0v) is 14.6. The van der Waals surface area contributed by atoms with Crippen molar-refractivity contribution in [3.8, 4) is 11.5 Å². The van der Waals surface area contributed by atoms with Crippen LogP contribution in [0.2, 0.25) is 0 Å². The van der Waals surface area contributed by atoms with Crippen molar-refractivity contribution < 1.29 is 14.6 Å². The molecule has 1 N–H and O–H groups in total. The molecule has 4 heteroatoms. The minimum atomic E-state index is -0.452. The van der Waals surface area contributed by atoms with Crippen LogP contribution in [0.5, 0.6) is 11.5 Å². The fourth-order valence-electron chi connectivity index (χ4n) is 3.06. The normalized spacial score (nSPS) is 16.4. The van der Waals surface area contributed by atoms with E-state index in [0.29, 0.717) is 19.8 Å². The summed E-state index contributed by atoms with van der Waals surface area (Å²) in [4.78, 5) is 2.32. The second-order valence-corrected chi connectivity index (χ2v) is 6.57. The van der Waals surface area contributed by atoms with Crippen molar-refractivity contribution >= 4 is 0 Å². The maximum absolute atomic E-state index is 10.1. The highest BCUT2D eigenvalue weighted by molar-refractivity contribution is 5.31. The number of piperidine rings is 1. The van der Waals surface area contributed by atoms with Gasteiger partial charge >= 0.3 is 0 Å². The third kappa shape index (κ3) is 6.07. The third-order valence-electron chi connectivity index (χ3n) is 4.43. The Balaban J connectivity index is 1.39. The molecule has 0 radical (unpaired) electrons. The Morgan fingerprint density at radius 1 is 0.840 bits per heavy atom. The van der Waals surface area contributed by atoms with Gasteiger partial charge in [0, 0.05) is 6.54 Å². The Morgan fingerprint density at radius 3 is 2.16 bits per heavy atom. The molecule has 0 aromatic heterocycles. The molecule has 0 aliphatic carbocycles. The predicted octanol–water partition coefficient (Wildman–Crippen LogP) is 3.49. The Bertz CT molecular complexity index is 609. The van der Waals surface area contributed by atoms with E-state index in [2.05, 4.69) is 4.90 Å². The molecular weight excluding hydrogens is 314 g/mol. The van der Waals surface area contributed by atoms with Crippen molar-refractivity contribution in [1.29, 1.82) is 0 Å². The summed E-state index contributed by atoms with van der Waals surface area (Å²) in [5.74, 6) is 1.56. The van der Waals surface area contributed by atoms with Crippen LogP contribution >= 0.6 is 0 Å². The van der Waals surface area contributed by atoms with Crippen LogP contribution in [-0.4, -0.2) is 42.4 Å². The zero-order valence-electron chi connectivity index (χ0n) is 14.6. The largest absolute Gasteiger partial charge is 0.491 e. The van der Waals surface area contributed by atoms with Crippen molar-refractivity contribution in [2.75, 3.05) is 26.2 Å². The number of aliphatic hydroxyl groups is 1. The van der Waals surface area contributed by atoms with Crippen molar-refractivity contribution in [2.45, 2.75) is 32.0 Å². The fourth-order valence-corrected chi connectivity index (χ4v) is 3.06. The van der Waals surface area contributed by atoms with E-state index in [0.717, 1.165) is 30.2 Å². The van der Waals surface area contributed by atoms with Gasteiger partial charge in [0.2, 0.25) is 0 Å². The van der Waals surface area contributed by atoms with Crippen molar-refractivity contribution in [2.24, 2.45) is 0 Å². The Kier molecular flexibility index (Phi) is 6.71. The van der Waals surface area contributed by atoms with Crippen LogP contribution < -0.4 is 9.47 Å². The number of likely N-dealkylation sites (tertiary alicyclic amines) is 1. The molecule has 2 aromatic carbocycles. The molecule has 1 atom stereocenters. The summed E-state index contributed by atoms with van der Waals surface area (Å²) in [6, 6.07) is 17.7. The molecule has 0 unspecified atom stereocenters. The number of nitrogens with zero attached hydrogens (tertiary/aromatic N) is 1. The Labute approximate surface area is 150 Å². The fraction of sp³-hybridized carbons (Fsp3) is 0.429. The molecular formula is C21H27NO3. The smallest absolute Gasteiger partial charge is 0.120 e. The maximum atomic E-state index is 10.1. The van der Waals surface area contributed by atoms with Gasteiger partial charge < -0.3 is 19.5 Å². The third-order valence-corrected chi connectivity index (χ3v) is 4.43. The van der Waals surface area contributed by atoms with Gasteiger partial charge in [0.15, 0.2) is 0 Å². The van der Waals surface area contributed by atoms with E-state index in [-0.39, 0.29) is 0 Å². The van der Waals surface area contributed by atoms with Gasteiger partial charge in [-0.15, -0.1) is 0 Å². The lowest BCUT2D eigenvalue weighted by Crippen LogP contribution is -2.38. The Hall–Kier alpha value is -2.04. The highest BCUT2D eigenvalue weighted by atomic mass is 16.5. The van der Waals surface area contributed by atoms with Crippen molar-refractivity contribution in [3.63, 3.8) is 0 Å². The van der Waals surface area contributed by atoms with E-state index in [4.69, 9.17) is 9.47 Å². The molecule has 0 bridgehead atoms. The van der Waals surface area contributed by atoms with Crippen LogP contribution in [-0.2, 0) is 6.61 Å². The molecule has 2 aromatic rings. The minimum Gasteiger partial charge on any atom is -0.491 e. The molecule has 1 aliphatic heterocycles. The zero-order chi connectivity index (χ0) is 17.3. The van der Waals surface area contributed by atoms with Gasteiger partial charge in [-0.2, -0.15) is 0 Å². The predicted molar refractivity (Wildman–Crippen MR) is 99.0 cm³/mol. The van der Waals surface area contributed by atoms with E-state index in [1.807, 2.05) is 54.6 Å². The number of ether oxygens (including phenoxy) is 2. The monoisotopic (exact) mass is 341 g/mol. The van der Waals surface area contributed by atoms with E-state index in [1.54, 1.807) is 0 Å². The van der Waals surface area contributed by atoms with E-state index in [1.165, 1.54) is 19.3 Å². The van der Waals surface area contributed by atoms with Crippen LogP contribution in [0.15, 0.2) is 54.6 Å². The summed E-state index contributed by atoms with van der Waals surface area (Å²) in [7, 11) is 0. The van der Waals surface area contributed by atoms with Crippen molar-refractivity contribution in [1.82, 2.24) is 4.90 Å². The van der Waals surface area contributed by atoms with E-state index >= 15 is 0 Å². The highest BCUT2D eigenvalue weighted by Crippen LogP contribution is 2.19. The number of hydrogen-bond acceptors (Lipinski definition) is 4. The number of benzene rings is 2. The molecule has 4 nitrogen and oxygen atoms in total. The highest BCUT2D eigenvalue weighted by Gasteiger charge is 2.15. The molecule has 25 heavy (non-hydrogen) atoms. The summed E-state index contributed by atoms with van der Waals surface area (Å²) in [5.41, 5.74) is 1.14. The first-order chi connectivity index (χ1) is 12.3. The van der Waals surface area contributed by atoms with Crippen LogP contribution in [0.1, 0.15) is 24.8 Å². The van der Waals surface area contributed by atoms with E-state index < -0.39 is 6.10 Å². The van der Waals surface area contributed by atoms with Crippen LogP contribution in [0.3, 0.4) is 0 Å². The summed E-state index contributed by atoms with van der Waals surface area (Å²) >= 11 is 0. The number of β-amino-alcohol motifs (C(OH)–C–C–N with tert-alkyl or cyclic N) is 1. The van der Waals surface area contributed by atoms with Gasteiger partial charge in [0.25, 0.3) is 0 Å². The topological polar surface area (TPSA) is 41.9 Å². The molecule has 1 aliphatic rings.